The topological polar surface area (TPSA) is 105 Å². The maximum atomic E-state index is 6.50. The van der Waals surface area contributed by atoms with E-state index in [-0.39, 0.29) is 13.2 Å². The van der Waals surface area contributed by atoms with Crippen LogP contribution in [0.1, 0.15) is 11.6 Å². The molecule has 0 saturated heterocycles. The fraction of sp³-hybridized carbons (Fsp3) is 0.0769. The van der Waals surface area contributed by atoms with E-state index >= 15 is 0 Å². The Morgan fingerprint density at radius 2 is 1.12 bits per heavy atom. The Morgan fingerprint density at radius 3 is 1.63 bits per heavy atom. The van der Waals surface area contributed by atoms with Crippen LogP contribution in [0.25, 0.3) is 31.1 Å². The highest BCUT2D eigenvalue weighted by molar-refractivity contribution is 7.20. The molecule has 7 rings (SSSR count). The first-order chi connectivity index (χ1) is 20.0. The molecule has 41 heavy (non-hydrogen) atoms. The summed E-state index contributed by atoms with van der Waals surface area (Å²) < 4.78 is 15.2. The van der Waals surface area contributed by atoms with E-state index in [9.17, 15) is 0 Å². The summed E-state index contributed by atoms with van der Waals surface area (Å²) in [6.07, 6.45) is 0. The minimum atomic E-state index is 0.127. The number of ether oxygens (including phenoxy) is 2. The van der Waals surface area contributed by atoms with Crippen molar-refractivity contribution in [2.75, 3.05) is 0 Å². The van der Waals surface area contributed by atoms with E-state index < -0.39 is 0 Å². The second kappa shape index (κ2) is 10.9. The predicted octanol–water partition coefficient (Wildman–Crippen LogP) is 7.14. The highest BCUT2D eigenvalue weighted by Gasteiger charge is 2.16. The molecule has 0 aliphatic rings. The lowest BCUT2D eigenvalue weighted by molar-refractivity contribution is 0.284. The Hall–Kier alpha value is -3.81. The molecule has 204 valence electrons. The third-order valence-electron chi connectivity index (χ3n) is 5.92. The normalized spacial score (nSPS) is 11.5. The van der Waals surface area contributed by atoms with E-state index in [1.54, 1.807) is 27.2 Å². The highest BCUT2D eigenvalue weighted by atomic mass is 35.5. The molecule has 0 saturated carbocycles. The van der Waals surface area contributed by atoms with E-state index in [2.05, 4.69) is 30.6 Å². The zero-order valence-corrected chi connectivity index (χ0v) is 24.5. The number of hydrogen-bond donors (Lipinski definition) is 0. The largest absolute Gasteiger partial charge is 0.485 e. The summed E-state index contributed by atoms with van der Waals surface area (Å²) in [7, 11) is 0. The van der Waals surface area contributed by atoms with Crippen molar-refractivity contribution in [2.45, 2.75) is 13.2 Å². The first kappa shape index (κ1) is 26.1. The molecular formula is C26H15Cl3N8O2S2. The Bertz CT molecular complexity index is 2000. The molecule has 10 nitrogen and oxygen atoms in total. The first-order valence-corrected chi connectivity index (χ1v) is 14.8. The van der Waals surface area contributed by atoms with Gasteiger partial charge in [0.1, 0.15) is 34.7 Å². The third kappa shape index (κ3) is 5.32. The number of benzene rings is 3. The van der Waals surface area contributed by atoms with Crippen LogP contribution in [0.2, 0.25) is 15.1 Å². The molecular weight excluding hydrogens is 627 g/mol. The van der Waals surface area contributed by atoms with Gasteiger partial charge in [0.2, 0.25) is 9.92 Å². The summed E-state index contributed by atoms with van der Waals surface area (Å²) in [6, 6.07) is 20.1. The lowest BCUT2D eigenvalue weighted by atomic mass is 10.2. The third-order valence-corrected chi connectivity index (χ3v) is 8.62. The van der Waals surface area contributed by atoms with E-state index in [4.69, 9.17) is 44.3 Å². The van der Waals surface area contributed by atoms with Crippen molar-refractivity contribution in [1.82, 2.24) is 39.6 Å². The van der Waals surface area contributed by atoms with Gasteiger partial charge in [-0.2, -0.15) is 19.2 Å². The molecule has 15 heteroatoms. The molecule has 0 radical (unpaired) electrons. The smallest absolute Gasteiger partial charge is 0.235 e. The summed E-state index contributed by atoms with van der Waals surface area (Å²) in [5, 5.41) is 29.4. The lowest BCUT2D eigenvalue weighted by Gasteiger charge is -2.09. The van der Waals surface area contributed by atoms with Crippen molar-refractivity contribution < 1.29 is 9.47 Å². The number of aromatic nitrogens is 8. The maximum absolute atomic E-state index is 6.50. The van der Waals surface area contributed by atoms with E-state index in [0.717, 1.165) is 21.1 Å². The molecule has 3 aromatic carbocycles. The maximum Gasteiger partial charge on any atom is 0.235 e. The first-order valence-electron chi connectivity index (χ1n) is 12.0. The van der Waals surface area contributed by atoms with Crippen molar-refractivity contribution in [1.29, 1.82) is 0 Å². The van der Waals surface area contributed by atoms with Crippen molar-refractivity contribution in [2.24, 2.45) is 0 Å². The van der Waals surface area contributed by atoms with Gasteiger partial charge in [-0.1, -0.05) is 81.7 Å². The highest BCUT2D eigenvalue weighted by Crippen LogP contribution is 2.31. The van der Waals surface area contributed by atoms with Gasteiger partial charge >= 0.3 is 0 Å². The number of hydrogen-bond acceptors (Lipinski definition) is 10. The number of rotatable bonds is 8. The SMILES string of the molecule is Clc1ccc(-c2nn3c(COc4ccc(OCc5nnc6sc(-c7ccc(Cl)cc7)nn56)c(Cl)c4)nnc3s2)cc1. The van der Waals surface area contributed by atoms with Crippen molar-refractivity contribution in [3.63, 3.8) is 0 Å². The monoisotopic (exact) mass is 640 g/mol. The number of nitrogens with zero attached hydrogens (tertiary/aromatic N) is 8. The van der Waals surface area contributed by atoms with E-state index in [1.807, 2.05) is 48.5 Å². The second-order valence-corrected chi connectivity index (χ2v) is 11.8. The zero-order valence-electron chi connectivity index (χ0n) is 20.6. The van der Waals surface area contributed by atoms with E-state index in [1.165, 1.54) is 22.7 Å². The molecule has 0 aliphatic carbocycles. The molecule has 0 spiro atoms. The van der Waals surface area contributed by atoms with Gasteiger partial charge in [0.25, 0.3) is 0 Å². The van der Waals surface area contributed by atoms with Crippen LogP contribution in [-0.2, 0) is 13.2 Å². The van der Waals surface area contributed by atoms with Gasteiger partial charge in [-0.05, 0) is 36.4 Å². The minimum Gasteiger partial charge on any atom is -0.485 e. The van der Waals surface area contributed by atoms with Crippen LogP contribution in [0, 0.1) is 0 Å². The van der Waals surface area contributed by atoms with Crippen molar-refractivity contribution in [3.05, 3.63) is 93.4 Å². The van der Waals surface area contributed by atoms with Gasteiger partial charge in [-0.25, -0.2) is 0 Å². The Balaban J connectivity index is 1.01. The molecule has 0 unspecified atom stereocenters. The predicted molar refractivity (Wildman–Crippen MR) is 158 cm³/mol. The average molecular weight is 642 g/mol. The Kier molecular flexibility index (Phi) is 6.93. The molecule has 7 aromatic rings. The average Bonchev–Trinajstić information content (AvgIpc) is 3.74. The van der Waals surface area contributed by atoms with Gasteiger partial charge in [-0.15, -0.1) is 20.4 Å². The van der Waals surface area contributed by atoms with Gasteiger partial charge < -0.3 is 9.47 Å². The van der Waals surface area contributed by atoms with Gasteiger partial charge in [0, 0.05) is 27.2 Å². The standard InChI is InChI=1S/C26H15Cl3N8O2S2/c27-16-5-1-14(2-6-16)23-34-36-21(30-32-25(36)40-23)12-38-18-9-10-20(19(29)11-18)39-13-22-31-33-26-37(22)35-24(41-26)15-3-7-17(28)8-4-15/h1-11H,12-13H2. The van der Waals surface area contributed by atoms with Crippen LogP contribution in [-0.4, -0.2) is 39.6 Å². The molecule has 0 atom stereocenters. The lowest BCUT2D eigenvalue weighted by Crippen LogP contribution is -2.04. The molecule has 4 aromatic heterocycles. The van der Waals surface area contributed by atoms with Crippen LogP contribution >= 0.6 is 57.5 Å². The molecule has 0 amide bonds. The molecule has 4 heterocycles. The van der Waals surface area contributed by atoms with Gasteiger partial charge in [-0.3, -0.25) is 0 Å². The Labute approximate surface area is 254 Å². The quantitative estimate of drug-likeness (QED) is 0.173. The van der Waals surface area contributed by atoms with Gasteiger partial charge in [0.05, 0.1) is 5.02 Å². The summed E-state index contributed by atoms with van der Waals surface area (Å²) in [5.41, 5.74) is 1.89. The molecule has 0 fully saturated rings. The summed E-state index contributed by atoms with van der Waals surface area (Å²) in [4.78, 5) is 1.32. The Morgan fingerprint density at radius 1 is 0.610 bits per heavy atom. The van der Waals surface area contributed by atoms with E-state index in [0.29, 0.717) is 48.1 Å². The number of halogens is 3. The van der Waals surface area contributed by atoms with Gasteiger partial charge in [0.15, 0.2) is 11.6 Å². The fourth-order valence-electron chi connectivity index (χ4n) is 3.89. The summed E-state index contributed by atoms with van der Waals surface area (Å²) in [5.74, 6) is 2.13. The van der Waals surface area contributed by atoms with Crippen molar-refractivity contribution >= 4 is 67.4 Å². The molecule has 0 bridgehead atoms. The summed E-state index contributed by atoms with van der Waals surface area (Å²) >= 11 is 21.4. The van der Waals surface area contributed by atoms with Crippen LogP contribution in [0.15, 0.2) is 66.7 Å². The summed E-state index contributed by atoms with van der Waals surface area (Å²) in [6.45, 7) is 0.279. The van der Waals surface area contributed by atoms with Crippen molar-refractivity contribution in [3.8, 4) is 32.6 Å². The van der Waals surface area contributed by atoms with Crippen LogP contribution < -0.4 is 9.47 Å². The minimum absolute atomic E-state index is 0.127. The number of fused-ring (bicyclic) bond motifs is 2. The fourth-order valence-corrected chi connectivity index (χ4v) is 6.10. The molecule has 0 N–H and O–H groups in total. The van der Waals surface area contributed by atoms with Crippen LogP contribution in [0.3, 0.4) is 0 Å². The molecule has 0 aliphatic heterocycles. The van der Waals surface area contributed by atoms with Crippen LogP contribution in [0.5, 0.6) is 11.5 Å². The van der Waals surface area contributed by atoms with Crippen LogP contribution in [0.4, 0.5) is 0 Å². The second-order valence-electron chi connectivity index (χ2n) is 8.62. The zero-order chi connectivity index (χ0) is 27.9.